The van der Waals surface area contributed by atoms with E-state index in [1.54, 1.807) is 0 Å². The van der Waals surface area contributed by atoms with Crippen LogP contribution >= 0.6 is 12.6 Å². The van der Waals surface area contributed by atoms with Crippen LogP contribution in [0.4, 0.5) is 0 Å². The molecule has 0 saturated carbocycles. The van der Waals surface area contributed by atoms with Gasteiger partial charge in [-0.2, -0.15) is 17.7 Å². The number of unbranched alkanes of at least 4 members (excludes halogenated alkanes) is 1. The minimum absolute atomic E-state index is 0.0239. The Morgan fingerprint density at radius 3 is 2.61 bits per heavy atom. The fourth-order valence-corrected chi connectivity index (χ4v) is 1.97. The fourth-order valence-electron chi connectivity index (χ4n) is 1.66. The summed E-state index contributed by atoms with van der Waals surface area (Å²) in [5, 5.41) is 9.23. The van der Waals surface area contributed by atoms with Gasteiger partial charge in [0.2, 0.25) is 5.91 Å². The molecule has 0 aromatic carbocycles. The zero-order chi connectivity index (χ0) is 13.8. The van der Waals surface area contributed by atoms with E-state index in [4.69, 9.17) is 5.84 Å². The van der Waals surface area contributed by atoms with Gasteiger partial charge in [-0.1, -0.05) is 13.8 Å². The number of hydrogen-bond acceptors (Lipinski definition) is 4. The van der Waals surface area contributed by atoms with Crippen molar-refractivity contribution in [1.82, 2.24) is 10.6 Å². The number of nitrogens with zero attached hydrogens (tertiary/aromatic N) is 1. The lowest BCUT2D eigenvalue weighted by Crippen LogP contribution is -2.33. The molecule has 18 heavy (non-hydrogen) atoms. The molecule has 0 rings (SSSR count). The Morgan fingerprint density at radius 1 is 1.39 bits per heavy atom. The maximum atomic E-state index is 11.8. The van der Waals surface area contributed by atoms with Gasteiger partial charge in [-0.25, -0.2) is 0 Å². The maximum absolute atomic E-state index is 11.8. The van der Waals surface area contributed by atoms with Crippen molar-refractivity contribution in [2.75, 3.05) is 18.8 Å². The van der Waals surface area contributed by atoms with Crippen LogP contribution in [0.2, 0.25) is 0 Å². The molecule has 1 amide bonds. The van der Waals surface area contributed by atoms with Crippen molar-refractivity contribution in [1.29, 1.82) is 0 Å². The molecule has 0 fully saturated rings. The van der Waals surface area contributed by atoms with E-state index < -0.39 is 0 Å². The summed E-state index contributed by atoms with van der Waals surface area (Å²) in [4.78, 5) is 11.8. The molecule has 0 aromatic rings. The number of carbonyl (C=O) groups is 1. The van der Waals surface area contributed by atoms with Crippen molar-refractivity contribution in [3.05, 3.63) is 0 Å². The molecule has 6 heteroatoms. The summed E-state index contributed by atoms with van der Waals surface area (Å²) < 4.78 is 0. The third kappa shape index (κ3) is 9.15. The number of amides is 1. The van der Waals surface area contributed by atoms with Crippen LogP contribution in [-0.2, 0) is 4.79 Å². The standard InChI is InChI=1S/C12H26N4OS/c1-10(2)7-11(8-18)12(17)15-6-4-3-5-14-9-16-13/h9-11,18H,3-8,13H2,1-2H3,(H,14,16)(H,15,17). The summed E-state index contributed by atoms with van der Waals surface area (Å²) in [6, 6.07) is 0. The van der Waals surface area contributed by atoms with Gasteiger partial charge in [0.15, 0.2) is 0 Å². The molecule has 0 radical (unpaired) electrons. The molecule has 0 aliphatic rings. The maximum Gasteiger partial charge on any atom is 0.223 e. The van der Waals surface area contributed by atoms with Crippen molar-refractivity contribution in [2.45, 2.75) is 33.1 Å². The second-order valence-corrected chi connectivity index (χ2v) is 5.10. The van der Waals surface area contributed by atoms with Crippen LogP contribution in [0, 0.1) is 11.8 Å². The van der Waals surface area contributed by atoms with Gasteiger partial charge in [0.25, 0.3) is 0 Å². The first-order chi connectivity index (χ1) is 8.61. The molecule has 0 aliphatic carbocycles. The Hall–Kier alpha value is -0.910. The van der Waals surface area contributed by atoms with Crippen LogP contribution in [0.3, 0.4) is 0 Å². The zero-order valence-electron chi connectivity index (χ0n) is 11.4. The summed E-state index contributed by atoms with van der Waals surface area (Å²) in [5.41, 5.74) is 0. The summed E-state index contributed by atoms with van der Waals surface area (Å²) in [7, 11) is 0. The first-order valence-electron chi connectivity index (χ1n) is 6.45. The lowest BCUT2D eigenvalue weighted by Gasteiger charge is -2.16. The van der Waals surface area contributed by atoms with E-state index in [1.165, 1.54) is 6.34 Å². The highest BCUT2D eigenvalue weighted by molar-refractivity contribution is 7.80. The second kappa shape index (κ2) is 11.2. The third-order valence-electron chi connectivity index (χ3n) is 2.56. The molecule has 106 valence electrons. The van der Waals surface area contributed by atoms with Crippen LogP contribution in [0.15, 0.2) is 5.10 Å². The van der Waals surface area contributed by atoms with Crippen molar-refractivity contribution in [3.63, 3.8) is 0 Å². The number of rotatable bonds is 10. The SMILES string of the molecule is CC(C)CC(CS)C(=O)NCCCCNC=NN. The topological polar surface area (TPSA) is 79.5 Å². The molecule has 0 aromatic heterocycles. The Morgan fingerprint density at radius 2 is 2.06 bits per heavy atom. The van der Waals surface area contributed by atoms with Gasteiger partial charge in [0.05, 0.1) is 0 Å². The summed E-state index contributed by atoms with van der Waals surface area (Å²) in [6.45, 7) is 5.77. The summed E-state index contributed by atoms with van der Waals surface area (Å²) in [5.74, 6) is 6.22. The minimum atomic E-state index is 0.0239. The predicted molar refractivity (Wildman–Crippen MR) is 79.7 cm³/mol. The molecular weight excluding hydrogens is 248 g/mol. The molecule has 1 atom stereocenters. The lowest BCUT2D eigenvalue weighted by atomic mass is 9.98. The van der Waals surface area contributed by atoms with Gasteiger partial charge in [-0.3, -0.25) is 4.79 Å². The number of nitrogens with one attached hydrogen (secondary N) is 2. The van der Waals surface area contributed by atoms with Gasteiger partial charge < -0.3 is 16.5 Å². The van der Waals surface area contributed by atoms with Gasteiger partial charge in [-0.05, 0) is 25.2 Å². The first-order valence-corrected chi connectivity index (χ1v) is 7.08. The minimum Gasteiger partial charge on any atom is -0.375 e. The molecule has 4 N–H and O–H groups in total. The van der Waals surface area contributed by atoms with Crippen molar-refractivity contribution < 1.29 is 4.79 Å². The van der Waals surface area contributed by atoms with Gasteiger partial charge in [0.1, 0.15) is 6.34 Å². The second-order valence-electron chi connectivity index (χ2n) is 4.74. The van der Waals surface area contributed by atoms with E-state index in [0.717, 1.165) is 25.8 Å². The summed E-state index contributed by atoms with van der Waals surface area (Å²) >= 11 is 4.23. The molecule has 0 spiro atoms. The molecule has 5 nitrogen and oxygen atoms in total. The molecular formula is C12H26N4OS. The molecule has 0 aliphatic heterocycles. The number of nitrogens with two attached hydrogens (primary N) is 1. The van der Waals surface area contributed by atoms with Crippen LogP contribution in [0.25, 0.3) is 0 Å². The number of hydrogen-bond donors (Lipinski definition) is 4. The van der Waals surface area contributed by atoms with Crippen molar-refractivity contribution in [3.8, 4) is 0 Å². The molecule has 0 saturated heterocycles. The van der Waals surface area contributed by atoms with E-state index in [2.05, 4.69) is 42.2 Å². The quantitative estimate of drug-likeness (QED) is 0.120. The first kappa shape index (κ1) is 17.1. The van der Waals surface area contributed by atoms with Gasteiger partial charge >= 0.3 is 0 Å². The van der Waals surface area contributed by atoms with E-state index >= 15 is 0 Å². The van der Waals surface area contributed by atoms with Crippen LogP contribution in [0.1, 0.15) is 33.1 Å². The number of thiol groups is 1. The largest absolute Gasteiger partial charge is 0.375 e. The normalized spacial score (nSPS) is 12.9. The average Bonchev–Trinajstić information content (AvgIpc) is 2.34. The Bertz CT molecular complexity index is 246. The van der Waals surface area contributed by atoms with Crippen LogP contribution < -0.4 is 16.5 Å². The van der Waals surface area contributed by atoms with E-state index in [-0.39, 0.29) is 11.8 Å². The van der Waals surface area contributed by atoms with Crippen molar-refractivity contribution >= 4 is 24.9 Å². The van der Waals surface area contributed by atoms with Gasteiger partial charge in [-0.15, -0.1) is 0 Å². The predicted octanol–water partition coefficient (Wildman–Crippen LogP) is 0.967. The van der Waals surface area contributed by atoms with Crippen LogP contribution in [0.5, 0.6) is 0 Å². The fraction of sp³-hybridized carbons (Fsp3) is 0.833. The zero-order valence-corrected chi connectivity index (χ0v) is 12.2. The highest BCUT2D eigenvalue weighted by atomic mass is 32.1. The average molecular weight is 274 g/mol. The van der Waals surface area contributed by atoms with E-state index in [9.17, 15) is 4.79 Å². The Labute approximate surface area is 115 Å². The summed E-state index contributed by atoms with van der Waals surface area (Å²) in [6.07, 6.45) is 4.28. The lowest BCUT2D eigenvalue weighted by molar-refractivity contribution is -0.124. The van der Waals surface area contributed by atoms with Gasteiger partial charge in [0, 0.05) is 24.8 Å². The smallest absolute Gasteiger partial charge is 0.223 e. The molecule has 0 bridgehead atoms. The molecule has 0 heterocycles. The highest BCUT2D eigenvalue weighted by Crippen LogP contribution is 2.13. The monoisotopic (exact) mass is 274 g/mol. The van der Waals surface area contributed by atoms with E-state index in [0.29, 0.717) is 18.2 Å². The van der Waals surface area contributed by atoms with E-state index in [1.807, 2.05) is 0 Å². The Kier molecular flexibility index (Phi) is 10.6. The molecule has 1 unspecified atom stereocenters. The number of hydrazone groups is 1. The third-order valence-corrected chi connectivity index (χ3v) is 3.00. The Balaban J connectivity index is 3.61. The van der Waals surface area contributed by atoms with Crippen molar-refractivity contribution in [2.24, 2.45) is 22.8 Å². The highest BCUT2D eigenvalue weighted by Gasteiger charge is 2.17. The number of carbonyl (C=O) groups excluding carboxylic acids is 1. The van der Waals surface area contributed by atoms with Crippen LogP contribution in [-0.4, -0.2) is 31.1 Å².